The number of aromatic nitrogens is 2. The average molecular weight is 447 g/mol. The fraction of sp³-hybridized carbons (Fsp3) is 0.435. The van der Waals surface area contributed by atoms with Crippen LogP contribution in [0, 0.1) is 6.92 Å². The zero-order chi connectivity index (χ0) is 22.6. The molecule has 3 N–H and O–H groups in total. The molecule has 2 aromatic heterocycles. The number of halogens is 3. The first-order valence-electron chi connectivity index (χ1n) is 10.6. The Morgan fingerprint density at radius 3 is 2.78 bits per heavy atom. The molecule has 0 spiro atoms. The maximum Gasteiger partial charge on any atom is 0.416 e. The van der Waals surface area contributed by atoms with Gasteiger partial charge in [-0.3, -0.25) is 0 Å². The first kappa shape index (κ1) is 21.2. The molecule has 1 aliphatic carbocycles. The number of rotatable bonds is 3. The zero-order valence-corrected chi connectivity index (χ0v) is 17.4. The quantitative estimate of drug-likeness (QED) is 0.575. The number of fused-ring (bicyclic) bond motifs is 2. The van der Waals surface area contributed by atoms with Gasteiger partial charge in [-0.15, -0.1) is 0 Å². The van der Waals surface area contributed by atoms with Crippen LogP contribution in [-0.2, 0) is 19.1 Å². The van der Waals surface area contributed by atoms with Gasteiger partial charge in [-0.2, -0.15) is 13.2 Å². The van der Waals surface area contributed by atoms with E-state index in [1.165, 1.54) is 6.07 Å². The summed E-state index contributed by atoms with van der Waals surface area (Å²) in [5.41, 5.74) is 2.21. The number of hydrogen-bond acceptors (Lipinski definition) is 5. The van der Waals surface area contributed by atoms with Crippen LogP contribution in [0.1, 0.15) is 34.7 Å². The summed E-state index contributed by atoms with van der Waals surface area (Å²) >= 11 is 0. The molecule has 170 valence electrons. The van der Waals surface area contributed by atoms with Crippen LogP contribution in [0.5, 0.6) is 5.75 Å². The Hall–Kier alpha value is -2.62. The number of alkyl halides is 3. The van der Waals surface area contributed by atoms with Gasteiger partial charge in [0.2, 0.25) is 0 Å². The molecule has 6 nitrogen and oxygen atoms in total. The fourth-order valence-electron chi connectivity index (χ4n) is 4.82. The van der Waals surface area contributed by atoms with Crippen LogP contribution in [-0.4, -0.2) is 44.6 Å². The second-order valence-electron chi connectivity index (χ2n) is 8.57. The number of ether oxygens (including phenoxy) is 1. The fourth-order valence-corrected chi connectivity index (χ4v) is 4.82. The maximum absolute atomic E-state index is 13.4. The molecule has 32 heavy (non-hydrogen) atoms. The van der Waals surface area contributed by atoms with Crippen molar-refractivity contribution < 1.29 is 28.1 Å². The van der Waals surface area contributed by atoms with Gasteiger partial charge in [0.25, 0.3) is 0 Å². The first-order chi connectivity index (χ1) is 15.2. The molecule has 0 saturated heterocycles. The van der Waals surface area contributed by atoms with Crippen LogP contribution in [0.25, 0.3) is 11.0 Å². The molecule has 0 unspecified atom stereocenters. The molecule has 1 saturated carbocycles. The Morgan fingerprint density at radius 1 is 1.19 bits per heavy atom. The highest BCUT2D eigenvalue weighted by Gasteiger charge is 2.45. The van der Waals surface area contributed by atoms with E-state index in [1.807, 2.05) is 29.8 Å². The minimum Gasteiger partial charge on any atom is -0.487 e. The second kappa shape index (κ2) is 7.75. The average Bonchev–Trinajstić information content (AvgIpc) is 3.30. The van der Waals surface area contributed by atoms with Crippen LogP contribution < -0.4 is 10.1 Å². The van der Waals surface area contributed by atoms with E-state index in [-0.39, 0.29) is 12.2 Å². The molecule has 1 fully saturated rings. The predicted molar refractivity (Wildman–Crippen MR) is 111 cm³/mol. The lowest BCUT2D eigenvalue weighted by Gasteiger charge is -2.25. The predicted octanol–water partition coefficient (Wildman–Crippen LogP) is 3.12. The van der Waals surface area contributed by atoms with Gasteiger partial charge in [0.1, 0.15) is 29.7 Å². The SMILES string of the molecule is Cc1ccnc2c1ccn2[C@@H]1C[C@H](Oc2cc(C(F)(F)F)cc3c2CNCC3)[C@@H](O)[C@H]1O. The molecule has 1 aromatic carbocycles. The van der Waals surface area contributed by atoms with Crippen molar-refractivity contribution in [2.45, 2.75) is 56.8 Å². The first-order valence-corrected chi connectivity index (χ1v) is 10.6. The van der Waals surface area contributed by atoms with Crippen LogP contribution >= 0.6 is 0 Å². The Labute approximate surface area is 182 Å². The summed E-state index contributed by atoms with van der Waals surface area (Å²) < 4.78 is 48.1. The Balaban J connectivity index is 1.47. The molecule has 5 rings (SSSR count). The van der Waals surface area contributed by atoms with Gasteiger partial charge in [0.05, 0.1) is 11.6 Å². The number of aryl methyl sites for hydroxylation is 1. The van der Waals surface area contributed by atoms with Gasteiger partial charge in [-0.1, -0.05) is 0 Å². The van der Waals surface area contributed by atoms with Crippen molar-refractivity contribution in [3.05, 3.63) is 58.9 Å². The molecule has 0 radical (unpaired) electrons. The summed E-state index contributed by atoms with van der Waals surface area (Å²) in [5, 5.41) is 25.6. The van der Waals surface area contributed by atoms with Gasteiger partial charge < -0.3 is 24.8 Å². The van der Waals surface area contributed by atoms with E-state index in [1.54, 1.807) is 6.20 Å². The molecular formula is C23H24F3N3O3. The number of hydrogen-bond donors (Lipinski definition) is 3. The Bertz CT molecular complexity index is 1160. The van der Waals surface area contributed by atoms with Crippen LogP contribution in [0.3, 0.4) is 0 Å². The number of nitrogens with one attached hydrogen (secondary N) is 1. The summed E-state index contributed by atoms with van der Waals surface area (Å²) in [6.07, 6.45) is -3.55. The molecule has 0 amide bonds. The number of aliphatic hydroxyl groups is 2. The molecule has 2 aliphatic rings. The third-order valence-electron chi connectivity index (χ3n) is 6.57. The van der Waals surface area contributed by atoms with Crippen molar-refractivity contribution >= 4 is 11.0 Å². The lowest BCUT2D eigenvalue weighted by atomic mass is 9.97. The van der Waals surface area contributed by atoms with Gasteiger partial charge in [0, 0.05) is 36.3 Å². The summed E-state index contributed by atoms with van der Waals surface area (Å²) in [6, 6.07) is 5.45. The van der Waals surface area contributed by atoms with E-state index in [2.05, 4.69) is 10.3 Å². The molecular weight excluding hydrogens is 423 g/mol. The molecule has 9 heteroatoms. The third kappa shape index (κ3) is 3.54. The topological polar surface area (TPSA) is 79.5 Å². The highest BCUT2D eigenvalue weighted by molar-refractivity contribution is 5.79. The number of pyridine rings is 1. The molecule has 3 aromatic rings. The molecule has 0 bridgehead atoms. The minimum atomic E-state index is -4.50. The van der Waals surface area contributed by atoms with Gasteiger partial charge in [-0.25, -0.2) is 4.98 Å². The van der Waals surface area contributed by atoms with Crippen LogP contribution in [0.2, 0.25) is 0 Å². The van der Waals surface area contributed by atoms with Crippen molar-refractivity contribution in [3.8, 4) is 5.75 Å². The summed E-state index contributed by atoms with van der Waals surface area (Å²) in [7, 11) is 0. The molecule has 1 aliphatic heterocycles. The lowest BCUT2D eigenvalue weighted by Crippen LogP contribution is -2.35. The zero-order valence-electron chi connectivity index (χ0n) is 17.4. The van der Waals surface area contributed by atoms with E-state index < -0.39 is 36.1 Å². The van der Waals surface area contributed by atoms with Crippen LogP contribution in [0.4, 0.5) is 13.2 Å². The van der Waals surface area contributed by atoms with E-state index in [0.717, 1.165) is 17.0 Å². The minimum absolute atomic E-state index is 0.102. The molecule has 3 heterocycles. The van der Waals surface area contributed by atoms with Gasteiger partial charge >= 0.3 is 6.18 Å². The highest BCUT2D eigenvalue weighted by Crippen LogP contribution is 2.40. The van der Waals surface area contributed by atoms with E-state index in [9.17, 15) is 23.4 Å². The van der Waals surface area contributed by atoms with Crippen LogP contribution in [0.15, 0.2) is 36.7 Å². The smallest absolute Gasteiger partial charge is 0.416 e. The second-order valence-corrected chi connectivity index (χ2v) is 8.57. The van der Waals surface area contributed by atoms with Crippen molar-refractivity contribution in [3.63, 3.8) is 0 Å². The number of nitrogens with zero attached hydrogens (tertiary/aromatic N) is 2. The third-order valence-corrected chi connectivity index (χ3v) is 6.57. The maximum atomic E-state index is 13.4. The number of benzene rings is 1. The normalized spacial score (nSPS) is 25.8. The summed E-state index contributed by atoms with van der Waals surface area (Å²) in [6.45, 7) is 2.95. The lowest BCUT2D eigenvalue weighted by molar-refractivity contribution is -0.137. The van der Waals surface area contributed by atoms with E-state index in [0.29, 0.717) is 36.3 Å². The van der Waals surface area contributed by atoms with Crippen molar-refractivity contribution in [1.29, 1.82) is 0 Å². The summed E-state index contributed by atoms with van der Waals surface area (Å²) in [5.74, 6) is 0.102. The molecule has 4 atom stereocenters. The van der Waals surface area contributed by atoms with Crippen molar-refractivity contribution in [1.82, 2.24) is 14.9 Å². The summed E-state index contributed by atoms with van der Waals surface area (Å²) in [4.78, 5) is 4.41. The highest BCUT2D eigenvalue weighted by atomic mass is 19.4. The van der Waals surface area contributed by atoms with Gasteiger partial charge in [-0.05, 0) is 55.3 Å². The standard InChI is InChI=1S/C23H24F3N3O3/c1-12-2-6-28-22-15(12)4-7-29(22)17-10-19(21(31)20(17)30)32-18-9-14(23(24,25)26)8-13-3-5-27-11-16(13)18/h2,4,6-9,17,19-21,27,30-31H,3,5,10-11H2,1H3/t17-,19+,20+,21-/m1/s1. The largest absolute Gasteiger partial charge is 0.487 e. The van der Waals surface area contributed by atoms with Crippen molar-refractivity contribution in [2.24, 2.45) is 0 Å². The van der Waals surface area contributed by atoms with Crippen molar-refractivity contribution in [2.75, 3.05) is 6.54 Å². The Morgan fingerprint density at radius 2 is 2.00 bits per heavy atom. The monoisotopic (exact) mass is 447 g/mol. The van der Waals surface area contributed by atoms with E-state index >= 15 is 0 Å². The van der Waals surface area contributed by atoms with Gasteiger partial charge in [0.15, 0.2) is 0 Å². The number of aliphatic hydroxyl groups excluding tert-OH is 2. The Kier molecular flexibility index (Phi) is 5.15. The van der Waals surface area contributed by atoms with E-state index in [4.69, 9.17) is 4.74 Å².